The lowest BCUT2D eigenvalue weighted by molar-refractivity contribution is 0.116. The third kappa shape index (κ3) is 4.43. The van der Waals surface area contributed by atoms with Gasteiger partial charge in [-0.05, 0) is 38.4 Å². The fourth-order valence-corrected chi connectivity index (χ4v) is 2.85. The van der Waals surface area contributed by atoms with Crippen molar-refractivity contribution in [3.8, 4) is 17.2 Å². The van der Waals surface area contributed by atoms with Crippen molar-refractivity contribution in [3.05, 3.63) is 54.4 Å². The molecule has 0 unspecified atom stereocenters. The highest BCUT2D eigenvalue weighted by Gasteiger charge is 2.17. The molecule has 0 bridgehead atoms. The second-order valence-corrected chi connectivity index (χ2v) is 6.96. The highest BCUT2D eigenvalue weighted by atomic mass is 19.3. The first-order chi connectivity index (χ1) is 14.5. The monoisotopic (exact) mass is 414 g/mol. The van der Waals surface area contributed by atoms with Crippen LogP contribution >= 0.6 is 0 Å². The lowest BCUT2D eigenvalue weighted by Crippen LogP contribution is -2.17. The minimum atomic E-state index is -2.80. The summed E-state index contributed by atoms with van der Waals surface area (Å²) in [6.07, 6.45) is 0.510. The summed E-state index contributed by atoms with van der Waals surface area (Å²) in [7, 11) is 4.07. The van der Waals surface area contributed by atoms with Gasteiger partial charge in [0.25, 0.3) is 5.89 Å². The van der Waals surface area contributed by atoms with Crippen molar-refractivity contribution >= 4 is 11.0 Å². The fraction of sp³-hybridized carbons (Fsp3) is 0.300. The van der Waals surface area contributed by atoms with Crippen LogP contribution in [0.2, 0.25) is 0 Å². The maximum Gasteiger partial charge on any atom is 0.314 e. The van der Waals surface area contributed by atoms with Gasteiger partial charge in [-0.25, -0.2) is 4.98 Å². The normalized spacial score (nSPS) is 11.7. The van der Waals surface area contributed by atoms with Gasteiger partial charge in [0, 0.05) is 25.4 Å². The Kier molecular flexibility index (Phi) is 5.66. The number of likely N-dealkylation sites (N-methyl/N-ethyl adjacent to an activating group) is 1. The van der Waals surface area contributed by atoms with E-state index in [1.807, 2.05) is 38.6 Å². The molecule has 3 aromatic heterocycles. The molecule has 0 atom stereocenters. The van der Waals surface area contributed by atoms with Crippen LogP contribution in [0, 0.1) is 0 Å². The molecule has 1 aromatic carbocycles. The Balaban J connectivity index is 1.39. The molecule has 0 saturated carbocycles. The summed E-state index contributed by atoms with van der Waals surface area (Å²) in [5.41, 5.74) is 3.04. The molecule has 3 heterocycles. The van der Waals surface area contributed by atoms with Gasteiger partial charge in [0.2, 0.25) is 5.89 Å². The lowest BCUT2D eigenvalue weighted by Gasteiger charge is -2.10. The van der Waals surface area contributed by atoms with Crippen LogP contribution in [-0.2, 0) is 13.2 Å². The molecule has 30 heavy (non-hydrogen) atoms. The van der Waals surface area contributed by atoms with Crippen molar-refractivity contribution in [2.45, 2.75) is 19.6 Å². The summed E-state index contributed by atoms with van der Waals surface area (Å²) in [5.74, 6) is -0.0257. The molecule has 4 aromatic rings. The predicted molar refractivity (Wildman–Crippen MR) is 105 cm³/mol. The number of alkyl halides is 2. The zero-order chi connectivity index (χ0) is 21.1. The van der Waals surface area contributed by atoms with E-state index in [9.17, 15) is 8.78 Å². The zero-order valence-corrected chi connectivity index (χ0v) is 16.5. The van der Waals surface area contributed by atoms with E-state index in [0.29, 0.717) is 17.0 Å². The third-order valence-electron chi connectivity index (χ3n) is 4.47. The summed E-state index contributed by atoms with van der Waals surface area (Å²) >= 11 is 0. The maximum atomic E-state index is 12.6. The molecule has 0 N–H and O–H groups in total. The molecular weight excluding hydrogens is 394 g/mol. The standard InChI is InChI=1S/C20H20F2N6O2/c1-27(2)7-8-28-12-24-16-9-15(5-6-17(16)28)29-11-14-4-3-13(10-23-14)19-25-26-20(30-19)18(21)22/h3-6,9-10,12,18H,7-8,11H2,1-2H3. The van der Waals surface area contributed by atoms with Crippen molar-refractivity contribution < 1.29 is 17.9 Å². The van der Waals surface area contributed by atoms with Crippen LogP contribution in [0.15, 0.2) is 47.3 Å². The van der Waals surface area contributed by atoms with E-state index in [1.54, 1.807) is 12.1 Å². The van der Waals surface area contributed by atoms with Crippen LogP contribution < -0.4 is 4.74 Å². The Bertz CT molecular complexity index is 1120. The maximum absolute atomic E-state index is 12.6. The Labute approximate surface area is 171 Å². The van der Waals surface area contributed by atoms with Crippen LogP contribution in [0.5, 0.6) is 5.75 Å². The fourth-order valence-electron chi connectivity index (χ4n) is 2.85. The Hall–Kier alpha value is -3.40. The van der Waals surface area contributed by atoms with Crippen molar-refractivity contribution in [3.63, 3.8) is 0 Å². The van der Waals surface area contributed by atoms with Gasteiger partial charge in [0.15, 0.2) is 0 Å². The van der Waals surface area contributed by atoms with Gasteiger partial charge in [-0.1, -0.05) is 0 Å². The van der Waals surface area contributed by atoms with Crippen LogP contribution in [0.1, 0.15) is 18.0 Å². The first-order valence-corrected chi connectivity index (χ1v) is 9.29. The van der Waals surface area contributed by atoms with Crippen LogP contribution in [0.4, 0.5) is 8.78 Å². The number of pyridine rings is 1. The lowest BCUT2D eigenvalue weighted by atomic mass is 10.2. The summed E-state index contributed by atoms with van der Waals surface area (Å²) in [6, 6.07) is 9.16. The molecule has 0 saturated heterocycles. The molecule has 0 amide bonds. The van der Waals surface area contributed by atoms with Gasteiger partial charge in [0.05, 0.1) is 28.6 Å². The SMILES string of the molecule is CN(C)CCn1cnc2cc(OCc3ccc(-c4nnc(C(F)F)o4)cn3)ccc21. The zero-order valence-electron chi connectivity index (χ0n) is 16.5. The van der Waals surface area contributed by atoms with Gasteiger partial charge in [-0.15, -0.1) is 10.2 Å². The van der Waals surface area contributed by atoms with Gasteiger partial charge < -0.3 is 18.6 Å². The van der Waals surface area contributed by atoms with E-state index in [0.717, 1.165) is 24.1 Å². The average Bonchev–Trinajstić information content (AvgIpc) is 3.38. The van der Waals surface area contributed by atoms with E-state index >= 15 is 0 Å². The number of nitrogens with zero attached hydrogens (tertiary/aromatic N) is 6. The molecule has 4 rings (SSSR count). The molecule has 10 heteroatoms. The van der Waals surface area contributed by atoms with Gasteiger partial charge in [-0.3, -0.25) is 4.98 Å². The van der Waals surface area contributed by atoms with Crippen LogP contribution in [-0.4, -0.2) is 50.3 Å². The third-order valence-corrected chi connectivity index (χ3v) is 4.47. The van der Waals surface area contributed by atoms with E-state index in [-0.39, 0.29) is 12.5 Å². The van der Waals surface area contributed by atoms with E-state index in [4.69, 9.17) is 9.15 Å². The first kappa shape index (κ1) is 19.9. The number of rotatable bonds is 8. The summed E-state index contributed by atoms with van der Waals surface area (Å²) in [4.78, 5) is 10.8. The average molecular weight is 414 g/mol. The van der Waals surface area contributed by atoms with E-state index < -0.39 is 12.3 Å². The largest absolute Gasteiger partial charge is 0.487 e. The quantitative estimate of drug-likeness (QED) is 0.436. The molecule has 8 nitrogen and oxygen atoms in total. The molecule has 0 fully saturated rings. The number of halogens is 2. The summed E-state index contributed by atoms with van der Waals surface area (Å²) in [6.45, 7) is 2.04. The van der Waals surface area contributed by atoms with E-state index in [2.05, 4.69) is 29.6 Å². The number of hydrogen-bond acceptors (Lipinski definition) is 7. The van der Waals surface area contributed by atoms with Crippen LogP contribution in [0.25, 0.3) is 22.5 Å². The Morgan fingerprint density at radius 1 is 1.13 bits per heavy atom. The number of imidazole rings is 1. The molecular formula is C20H20F2N6O2. The molecule has 0 aliphatic carbocycles. The Morgan fingerprint density at radius 3 is 2.70 bits per heavy atom. The first-order valence-electron chi connectivity index (χ1n) is 9.29. The summed E-state index contributed by atoms with van der Waals surface area (Å²) < 4.78 is 38.0. The van der Waals surface area contributed by atoms with Crippen molar-refractivity contribution in [2.75, 3.05) is 20.6 Å². The number of hydrogen-bond donors (Lipinski definition) is 0. The molecule has 0 aliphatic heterocycles. The predicted octanol–water partition coefficient (Wildman–Crippen LogP) is 3.56. The number of aromatic nitrogens is 5. The highest BCUT2D eigenvalue weighted by molar-refractivity contribution is 5.77. The molecule has 0 aliphatic rings. The molecule has 0 spiro atoms. The molecule has 156 valence electrons. The van der Waals surface area contributed by atoms with Gasteiger partial charge in [0.1, 0.15) is 12.4 Å². The smallest absolute Gasteiger partial charge is 0.314 e. The van der Waals surface area contributed by atoms with Crippen molar-refractivity contribution in [1.82, 2.24) is 29.6 Å². The highest BCUT2D eigenvalue weighted by Crippen LogP contribution is 2.24. The van der Waals surface area contributed by atoms with Crippen molar-refractivity contribution in [2.24, 2.45) is 0 Å². The number of ether oxygens (including phenoxy) is 1. The second-order valence-electron chi connectivity index (χ2n) is 6.96. The second kappa shape index (κ2) is 8.54. The Morgan fingerprint density at radius 2 is 2.00 bits per heavy atom. The number of benzene rings is 1. The number of fused-ring (bicyclic) bond motifs is 1. The van der Waals surface area contributed by atoms with E-state index in [1.165, 1.54) is 6.20 Å². The van der Waals surface area contributed by atoms with Gasteiger partial charge >= 0.3 is 6.43 Å². The summed E-state index contributed by atoms with van der Waals surface area (Å²) in [5, 5.41) is 6.91. The topological polar surface area (TPSA) is 82.1 Å². The minimum absolute atomic E-state index is 0.000531. The van der Waals surface area contributed by atoms with Crippen LogP contribution in [0.3, 0.4) is 0 Å². The van der Waals surface area contributed by atoms with Crippen molar-refractivity contribution in [1.29, 1.82) is 0 Å². The minimum Gasteiger partial charge on any atom is -0.487 e. The molecule has 0 radical (unpaired) electrons. The van der Waals surface area contributed by atoms with Gasteiger partial charge in [-0.2, -0.15) is 8.78 Å².